The van der Waals surface area contributed by atoms with Gasteiger partial charge in [-0.15, -0.1) is 21.5 Å². The van der Waals surface area contributed by atoms with Crippen LogP contribution < -0.4 is 5.32 Å². The highest BCUT2D eigenvalue weighted by Crippen LogP contribution is 2.30. The number of hydrogen-bond acceptors (Lipinski definition) is 7. The number of anilines is 1. The van der Waals surface area contributed by atoms with Crippen LogP contribution in [0, 0.1) is 20.8 Å². The highest BCUT2D eigenvalue weighted by Gasteiger charge is 2.19. The van der Waals surface area contributed by atoms with E-state index in [1.807, 2.05) is 41.1 Å². The number of carbonyl (C=O) groups excluding carboxylic acids is 1. The van der Waals surface area contributed by atoms with Crippen molar-refractivity contribution in [2.75, 3.05) is 11.1 Å². The summed E-state index contributed by atoms with van der Waals surface area (Å²) in [5.74, 6) is 0.761. The van der Waals surface area contributed by atoms with Crippen LogP contribution in [0.2, 0.25) is 0 Å². The standard InChI is InChI=1S/C21H20N6OS2/c1-13-6-4-8-17(15(13)3)27-19(16-7-5-9-22-10-16)25-26-21(27)30-12-18(28)24-20-23-14(2)11-29-20/h4-11H,12H2,1-3H3,(H,23,24,28). The molecule has 7 nitrogen and oxygen atoms in total. The molecule has 3 aromatic heterocycles. The number of pyridine rings is 1. The van der Waals surface area contributed by atoms with Crippen LogP contribution in [0.1, 0.15) is 16.8 Å². The lowest BCUT2D eigenvalue weighted by Gasteiger charge is -2.14. The van der Waals surface area contributed by atoms with E-state index in [2.05, 4.69) is 45.4 Å². The Balaban J connectivity index is 1.65. The minimum Gasteiger partial charge on any atom is -0.301 e. The number of carbonyl (C=O) groups is 1. The van der Waals surface area contributed by atoms with E-state index in [1.54, 1.807) is 12.4 Å². The molecule has 152 valence electrons. The first-order chi connectivity index (χ1) is 14.5. The predicted octanol–water partition coefficient (Wildman–Crippen LogP) is 4.44. The summed E-state index contributed by atoms with van der Waals surface area (Å²) >= 11 is 2.75. The van der Waals surface area contributed by atoms with Crippen molar-refractivity contribution >= 4 is 34.1 Å². The maximum atomic E-state index is 12.4. The van der Waals surface area contributed by atoms with Crippen LogP contribution in [-0.2, 0) is 4.79 Å². The highest BCUT2D eigenvalue weighted by atomic mass is 32.2. The summed E-state index contributed by atoms with van der Waals surface area (Å²) in [7, 11) is 0. The molecule has 1 amide bonds. The topological polar surface area (TPSA) is 85.6 Å². The normalized spacial score (nSPS) is 10.9. The molecule has 30 heavy (non-hydrogen) atoms. The van der Waals surface area contributed by atoms with Gasteiger partial charge >= 0.3 is 0 Å². The van der Waals surface area contributed by atoms with E-state index < -0.39 is 0 Å². The van der Waals surface area contributed by atoms with E-state index in [-0.39, 0.29) is 11.7 Å². The number of hydrogen-bond donors (Lipinski definition) is 1. The second-order valence-corrected chi connectivity index (χ2v) is 8.53. The monoisotopic (exact) mass is 436 g/mol. The van der Waals surface area contributed by atoms with Gasteiger partial charge in [-0.05, 0) is 50.1 Å². The number of amides is 1. The molecule has 0 unspecified atom stereocenters. The van der Waals surface area contributed by atoms with Gasteiger partial charge in [-0.1, -0.05) is 23.9 Å². The first kappa shape index (κ1) is 20.2. The molecule has 0 aliphatic heterocycles. The lowest BCUT2D eigenvalue weighted by molar-refractivity contribution is -0.113. The predicted molar refractivity (Wildman–Crippen MR) is 120 cm³/mol. The zero-order chi connectivity index (χ0) is 21.1. The Morgan fingerprint density at radius 1 is 1.17 bits per heavy atom. The first-order valence-electron chi connectivity index (χ1n) is 9.30. The van der Waals surface area contributed by atoms with E-state index in [0.29, 0.717) is 16.1 Å². The van der Waals surface area contributed by atoms with Crippen molar-refractivity contribution in [3.63, 3.8) is 0 Å². The minimum absolute atomic E-state index is 0.132. The van der Waals surface area contributed by atoms with Gasteiger partial charge in [0.05, 0.1) is 17.1 Å². The molecule has 1 aromatic carbocycles. The Morgan fingerprint density at radius 2 is 2.03 bits per heavy atom. The summed E-state index contributed by atoms with van der Waals surface area (Å²) in [4.78, 5) is 20.9. The van der Waals surface area contributed by atoms with Crippen LogP contribution in [0.4, 0.5) is 5.13 Å². The van der Waals surface area contributed by atoms with Gasteiger partial charge in [-0.3, -0.25) is 14.3 Å². The first-order valence-corrected chi connectivity index (χ1v) is 11.2. The van der Waals surface area contributed by atoms with E-state index in [1.165, 1.54) is 28.7 Å². The van der Waals surface area contributed by atoms with Crippen molar-refractivity contribution in [3.8, 4) is 17.1 Å². The van der Waals surface area contributed by atoms with Crippen molar-refractivity contribution < 1.29 is 4.79 Å². The summed E-state index contributed by atoms with van der Waals surface area (Å²) in [6.45, 7) is 6.04. The van der Waals surface area contributed by atoms with Crippen molar-refractivity contribution in [3.05, 3.63) is 64.9 Å². The summed E-state index contributed by atoms with van der Waals surface area (Å²) < 4.78 is 1.99. The second kappa shape index (κ2) is 8.76. The lowest BCUT2D eigenvalue weighted by atomic mass is 10.1. The number of thiazole rings is 1. The molecule has 0 atom stereocenters. The van der Waals surface area contributed by atoms with Crippen LogP contribution in [0.3, 0.4) is 0 Å². The van der Waals surface area contributed by atoms with Crippen LogP contribution in [0.5, 0.6) is 0 Å². The van der Waals surface area contributed by atoms with E-state index in [0.717, 1.165) is 22.5 Å². The Hall–Kier alpha value is -3.04. The number of benzene rings is 1. The zero-order valence-corrected chi connectivity index (χ0v) is 18.4. The molecule has 3 heterocycles. The smallest absolute Gasteiger partial charge is 0.236 e. The number of aromatic nitrogens is 5. The van der Waals surface area contributed by atoms with Crippen LogP contribution >= 0.6 is 23.1 Å². The third-order valence-corrected chi connectivity index (χ3v) is 6.37. The van der Waals surface area contributed by atoms with E-state index in [9.17, 15) is 4.79 Å². The third-order valence-electron chi connectivity index (χ3n) is 4.57. The Bertz CT molecular complexity index is 1190. The molecular weight excluding hydrogens is 416 g/mol. The van der Waals surface area contributed by atoms with Gasteiger partial charge < -0.3 is 5.32 Å². The fraction of sp³-hybridized carbons (Fsp3) is 0.190. The Morgan fingerprint density at radius 3 is 2.77 bits per heavy atom. The molecule has 0 saturated carbocycles. The third kappa shape index (κ3) is 4.27. The van der Waals surface area contributed by atoms with Gasteiger partial charge in [0.25, 0.3) is 0 Å². The average molecular weight is 437 g/mol. The summed E-state index contributed by atoms with van der Waals surface area (Å²) in [5, 5.41) is 14.8. The fourth-order valence-electron chi connectivity index (χ4n) is 2.94. The van der Waals surface area contributed by atoms with Crippen molar-refractivity contribution in [2.24, 2.45) is 0 Å². The molecule has 9 heteroatoms. The van der Waals surface area contributed by atoms with Gasteiger partial charge in [-0.25, -0.2) is 4.98 Å². The summed E-state index contributed by atoms with van der Waals surface area (Å²) in [6.07, 6.45) is 3.49. The van der Waals surface area contributed by atoms with E-state index in [4.69, 9.17) is 0 Å². The van der Waals surface area contributed by atoms with E-state index >= 15 is 0 Å². The molecule has 0 radical (unpaired) electrons. The van der Waals surface area contributed by atoms with Crippen molar-refractivity contribution in [2.45, 2.75) is 25.9 Å². The van der Waals surface area contributed by atoms with Gasteiger partial charge in [0.1, 0.15) is 0 Å². The quantitative estimate of drug-likeness (QED) is 0.450. The maximum absolute atomic E-state index is 12.4. The van der Waals surface area contributed by atoms with Crippen LogP contribution in [-0.4, -0.2) is 36.4 Å². The molecule has 0 fully saturated rings. The number of aryl methyl sites for hydroxylation is 2. The molecule has 0 saturated heterocycles. The molecular formula is C21H20N6OS2. The van der Waals surface area contributed by atoms with Crippen molar-refractivity contribution in [1.82, 2.24) is 24.7 Å². The van der Waals surface area contributed by atoms with Gasteiger partial charge in [0.15, 0.2) is 16.1 Å². The zero-order valence-electron chi connectivity index (χ0n) is 16.8. The fourth-order valence-corrected chi connectivity index (χ4v) is 4.39. The Kier molecular flexibility index (Phi) is 5.91. The van der Waals surface area contributed by atoms with Gasteiger partial charge in [0, 0.05) is 23.3 Å². The number of nitrogens with zero attached hydrogens (tertiary/aromatic N) is 5. The summed E-state index contributed by atoms with van der Waals surface area (Å²) in [6, 6.07) is 9.94. The van der Waals surface area contributed by atoms with Gasteiger partial charge in [0.2, 0.25) is 5.91 Å². The number of nitrogens with one attached hydrogen (secondary N) is 1. The molecule has 1 N–H and O–H groups in total. The molecule has 4 rings (SSSR count). The van der Waals surface area contributed by atoms with Crippen molar-refractivity contribution in [1.29, 1.82) is 0 Å². The molecule has 0 bridgehead atoms. The maximum Gasteiger partial charge on any atom is 0.236 e. The van der Waals surface area contributed by atoms with Crippen LogP contribution in [0.15, 0.2) is 53.3 Å². The average Bonchev–Trinajstić information content (AvgIpc) is 3.35. The SMILES string of the molecule is Cc1csc(NC(=O)CSc2nnc(-c3cccnc3)n2-c2cccc(C)c2C)n1. The number of rotatable bonds is 6. The minimum atomic E-state index is -0.132. The molecule has 0 aliphatic carbocycles. The van der Waals surface area contributed by atoms with Gasteiger partial charge in [-0.2, -0.15) is 0 Å². The summed E-state index contributed by atoms with van der Waals surface area (Å²) in [5.41, 5.74) is 5.04. The molecule has 0 spiro atoms. The largest absolute Gasteiger partial charge is 0.301 e. The molecule has 4 aromatic rings. The highest BCUT2D eigenvalue weighted by molar-refractivity contribution is 7.99. The second-order valence-electron chi connectivity index (χ2n) is 6.73. The lowest BCUT2D eigenvalue weighted by Crippen LogP contribution is -2.14. The number of thioether (sulfide) groups is 1. The Labute approximate surface area is 182 Å². The molecule has 0 aliphatic rings. The van der Waals surface area contributed by atoms with Crippen LogP contribution in [0.25, 0.3) is 17.1 Å².